The molecule has 1 aliphatic heterocycles. The van der Waals surface area contributed by atoms with Gasteiger partial charge in [-0.2, -0.15) is 0 Å². The number of carbonyl (C=O) groups is 1. The minimum Gasteiger partial charge on any atom is -0.394 e. The van der Waals surface area contributed by atoms with Crippen molar-refractivity contribution in [2.24, 2.45) is 0 Å². The van der Waals surface area contributed by atoms with Crippen LogP contribution in [0.3, 0.4) is 0 Å². The number of allylic oxidation sites excluding steroid dienone is 6. The fourth-order valence-electron chi connectivity index (χ4n) is 7.39. The van der Waals surface area contributed by atoms with Crippen molar-refractivity contribution in [3.63, 3.8) is 0 Å². The second kappa shape index (κ2) is 38.0. The molecular weight excluding hydrogens is 751 g/mol. The number of carbonyl (C=O) groups excluding carboxylic acids is 1. The number of aliphatic hydroxyl groups excluding tert-OH is 7. The van der Waals surface area contributed by atoms with E-state index >= 15 is 0 Å². The van der Waals surface area contributed by atoms with Crippen molar-refractivity contribution in [3.05, 3.63) is 36.5 Å². The zero-order valence-electron chi connectivity index (χ0n) is 37.2. The number of ether oxygens (including phenoxy) is 2. The summed E-state index contributed by atoms with van der Waals surface area (Å²) in [5, 5.41) is 75.6. The molecule has 0 bridgehead atoms. The molecule has 1 aliphatic rings. The Hall–Kier alpha value is -1.67. The summed E-state index contributed by atoms with van der Waals surface area (Å²) in [6, 6.07) is -1.19. The summed E-state index contributed by atoms with van der Waals surface area (Å²) in [5.74, 6) is -0.721. The summed E-state index contributed by atoms with van der Waals surface area (Å²) in [6.07, 6.45) is 31.9. The summed E-state index contributed by atoms with van der Waals surface area (Å²) >= 11 is 0. The highest BCUT2D eigenvalue weighted by atomic mass is 16.7. The number of aliphatic hydroxyl groups is 7. The molecule has 8 N–H and O–H groups in total. The van der Waals surface area contributed by atoms with Gasteiger partial charge in [-0.1, -0.05) is 153 Å². The van der Waals surface area contributed by atoms with Crippen molar-refractivity contribution >= 4 is 5.91 Å². The van der Waals surface area contributed by atoms with Gasteiger partial charge in [0, 0.05) is 0 Å². The molecule has 1 rings (SSSR count). The molecule has 0 aliphatic carbocycles. The summed E-state index contributed by atoms with van der Waals surface area (Å²) in [4.78, 5) is 13.1. The zero-order chi connectivity index (χ0) is 43.4. The number of rotatable bonds is 39. The SMILES string of the molecule is CCCCCCCCC/C=C\CCCCCCC(O)C(=O)NC(COC1OC(CO)C(O)C(O)C1O)C(O)C(O)CCC/C=C/CC/C=C/CCCCCCCCCC. The zero-order valence-corrected chi connectivity index (χ0v) is 37.2. The lowest BCUT2D eigenvalue weighted by atomic mass is 9.98. The van der Waals surface area contributed by atoms with Crippen LogP contribution in [-0.4, -0.2) is 110 Å². The fraction of sp³-hybridized carbons (Fsp3) is 0.854. The molecule has 1 saturated heterocycles. The molecule has 1 heterocycles. The van der Waals surface area contributed by atoms with Gasteiger partial charge in [-0.15, -0.1) is 0 Å². The van der Waals surface area contributed by atoms with Gasteiger partial charge in [0.1, 0.15) is 36.6 Å². The van der Waals surface area contributed by atoms with E-state index in [2.05, 4.69) is 55.6 Å². The Bertz CT molecular complexity index is 1050. The molecule has 59 heavy (non-hydrogen) atoms. The van der Waals surface area contributed by atoms with Crippen molar-refractivity contribution in [3.8, 4) is 0 Å². The van der Waals surface area contributed by atoms with E-state index in [9.17, 15) is 40.5 Å². The van der Waals surface area contributed by atoms with Gasteiger partial charge >= 0.3 is 0 Å². The van der Waals surface area contributed by atoms with Gasteiger partial charge in [0.25, 0.3) is 0 Å². The number of nitrogens with one attached hydrogen (secondary N) is 1. The molecule has 11 nitrogen and oxygen atoms in total. The van der Waals surface area contributed by atoms with Crippen molar-refractivity contribution in [1.82, 2.24) is 5.32 Å². The minimum absolute atomic E-state index is 0.236. The topological polar surface area (TPSA) is 189 Å². The lowest BCUT2D eigenvalue weighted by Crippen LogP contribution is -2.60. The van der Waals surface area contributed by atoms with E-state index in [0.717, 1.165) is 51.4 Å². The third-order valence-electron chi connectivity index (χ3n) is 11.4. The van der Waals surface area contributed by atoms with Crippen LogP contribution in [0.1, 0.15) is 194 Å². The molecule has 9 atom stereocenters. The molecule has 0 aromatic carbocycles. The summed E-state index contributed by atoms with van der Waals surface area (Å²) < 4.78 is 11.1. The van der Waals surface area contributed by atoms with Crippen LogP contribution in [0.15, 0.2) is 36.5 Å². The molecule has 0 radical (unpaired) electrons. The van der Waals surface area contributed by atoms with E-state index in [4.69, 9.17) is 9.47 Å². The third-order valence-corrected chi connectivity index (χ3v) is 11.4. The van der Waals surface area contributed by atoms with Crippen LogP contribution in [0.5, 0.6) is 0 Å². The average molecular weight is 840 g/mol. The molecule has 346 valence electrons. The van der Waals surface area contributed by atoms with Gasteiger partial charge < -0.3 is 50.5 Å². The highest BCUT2D eigenvalue weighted by Gasteiger charge is 2.44. The van der Waals surface area contributed by atoms with Crippen molar-refractivity contribution < 1.29 is 50.0 Å². The van der Waals surface area contributed by atoms with Gasteiger partial charge in [-0.25, -0.2) is 0 Å². The Morgan fingerprint density at radius 2 is 1.02 bits per heavy atom. The predicted molar refractivity (Wildman–Crippen MR) is 238 cm³/mol. The number of unbranched alkanes of at least 4 members (excludes halogenated alkanes) is 21. The van der Waals surface area contributed by atoms with E-state index < -0.39 is 74.2 Å². The standard InChI is InChI=1S/C48H89NO10/c1-3-5-7-9-11-13-15-17-19-20-22-23-25-27-29-31-33-35-40(51)43(53)39(38-58-48-46(56)45(55)44(54)42(37-50)59-48)49-47(57)41(52)36-34-32-30-28-26-24-21-18-16-14-12-10-8-6-4-2/h20-22,24,27,29,39-46,48,50-56H,3-19,23,25-26,28,30-38H2,1-2H3,(H,49,57)/b22-20+,24-21-,29-27+. The maximum atomic E-state index is 13.1. The van der Waals surface area contributed by atoms with Crippen molar-refractivity contribution in [2.75, 3.05) is 13.2 Å². The predicted octanol–water partition coefficient (Wildman–Crippen LogP) is 8.00. The lowest BCUT2D eigenvalue weighted by molar-refractivity contribution is -0.303. The maximum absolute atomic E-state index is 13.1. The smallest absolute Gasteiger partial charge is 0.249 e. The highest BCUT2D eigenvalue weighted by molar-refractivity contribution is 5.80. The first-order chi connectivity index (χ1) is 28.7. The number of hydrogen-bond donors (Lipinski definition) is 8. The van der Waals surface area contributed by atoms with Crippen LogP contribution < -0.4 is 5.32 Å². The van der Waals surface area contributed by atoms with Gasteiger partial charge in [0.2, 0.25) is 5.91 Å². The Morgan fingerprint density at radius 1 is 0.576 bits per heavy atom. The monoisotopic (exact) mass is 840 g/mol. The molecule has 0 spiro atoms. The molecule has 9 unspecified atom stereocenters. The average Bonchev–Trinajstić information content (AvgIpc) is 3.23. The summed E-state index contributed by atoms with van der Waals surface area (Å²) in [5.41, 5.74) is 0. The largest absolute Gasteiger partial charge is 0.394 e. The van der Waals surface area contributed by atoms with Crippen LogP contribution in [0.25, 0.3) is 0 Å². The molecule has 11 heteroatoms. The van der Waals surface area contributed by atoms with Gasteiger partial charge in [-0.05, 0) is 77.0 Å². The number of amides is 1. The van der Waals surface area contributed by atoms with Crippen LogP contribution in [0, 0.1) is 0 Å². The molecule has 0 saturated carbocycles. The van der Waals surface area contributed by atoms with E-state index in [-0.39, 0.29) is 12.8 Å². The molecule has 1 fully saturated rings. The van der Waals surface area contributed by atoms with Crippen LogP contribution in [0.2, 0.25) is 0 Å². The Balaban J connectivity index is 2.49. The molecular formula is C48H89NO10. The quantitative estimate of drug-likeness (QED) is 0.0223. The third kappa shape index (κ3) is 27.8. The molecule has 0 aromatic heterocycles. The van der Waals surface area contributed by atoms with Crippen molar-refractivity contribution in [1.29, 1.82) is 0 Å². The Morgan fingerprint density at radius 3 is 1.51 bits per heavy atom. The highest BCUT2D eigenvalue weighted by Crippen LogP contribution is 2.23. The van der Waals surface area contributed by atoms with E-state index in [1.807, 2.05) is 0 Å². The van der Waals surface area contributed by atoms with E-state index in [1.165, 1.54) is 96.3 Å². The summed E-state index contributed by atoms with van der Waals surface area (Å²) in [7, 11) is 0. The Kier molecular flexibility index (Phi) is 35.7. The normalized spacial score (nSPS) is 22.1. The number of hydrogen-bond acceptors (Lipinski definition) is 10. The molecule has 1 amide bonds. The first-order valence-corrected chi connectivity index (χ1v) is 23.9. The first kappa shape index (κ1) is 55.3. The maximum Gasteiger partial charge on any atom is 0.249 e. The van der Waals surface area contributed by atoms with Gasteiger partial charge in [0.05, 0.1) is 25.4 Å². The minimum atomic E-state index is -1.67. The van der Waals surface area contributed by atoms with Crippen molar-refractivity contribution in [2.45, 2.75) is 249 Å². The Labute approximate surface area is 358 Å². The fourth-order valence-corrected chi connectivity index (χ4v) is 7.39. The van der Waals surface area contributed by atoms with Gasteiger partial charge in [-0.3, -0.25) is 4.79 Å². The lowest BCUT2D eigenvalue weighted by Gasteiger charge is -2.40. The van der Waals surface area contributed by atoms with Crippen LogP contribution >= 0.6 is 0 Å². The van der Waals surface area contributed by atoms with Crippen LogP contribution in [-0.2, 0) is 14.3 Å². The van der Waals surface area contributed by atoms with Crippen LogP contribution in [0.4, 0.5) is 0 Å². The summed E-state index contributed by atoms with van der Waals surface area (Å²) in [6.45, 7) is 3.40. The van der Waals surface area contributed by atoms with E-state index in [0.29, 0.717) is 19.3 Å². The van der Waals surface area contributed by atoms with E-state index in [1.54, 1.807) is 0 Å². The molecule has 0 aromatic rings. The van der Waals surface area contributed by atoms with Gasteiger partial charge in [0.15, 0.2) is 6.29 Å². The first-order valence-electron chi connectivity index (χ1n) is 23.9. The second-order valence-corrected chi connectivity index (χ2v) is 16.8. The second-order valence-electron chi connectivity index (χ2n) is 16.8.